The average molecular weight is 375 g/mol. The zero-order chi connectivity index (χ0) is 17.8. The highest BCUT2D eigenvalue weighted by Crippen LogP contribution is 2.32. The van der Waals surface area contributed by atoms with E-state index in [0.29, 0.717) is 32.3 Å². The third kappa shape index (κ3) is 4.15. The molecule has 1 N–H and O–H groups in total. The number of nitrogens with one attached hydrogen (secondary N) is 1. The molecule has 0 bridgehead atoms. The lowest BCUT2D eigenvalue weighted by Gasteiger charge is -2.07. The highest BCUT2D eigenvalue weighted by Gasteiger charge is 2.24. The molecule has 1 aliphatic heterocycles. The minimum Gasteiger partial charge on any atom is -0.497 e. The molecule has 0 spiro atoms. The number of nitrogens with zero attached hydrogens (tertiary/aromatic N) is 1. The number of thioether (sulfide) groups is 1. The van der Waals surface area contributed by atoms with Crippen molar-refractivity contribution in [1.29, 1.82) is 0 Å². The summed E-state index contributed by atoms with van der Waals surface area (Å²) in [6.45, 7) is 0. The molecular weight excluding hydrogens is 360 g/mol. The van der Waals surface area contributed by atoms with E-state index in [2.05, 4.69) is 10.3 Å². The summed E-state index contributed by atoms with van der Waals surface area (Å²) in [5.74, 6) is 1.11. The number of hydrogen-bond acceptors (Lipinski definition) is 5. The van der Waals surface area contributed by atoms with Crippen molar-refractivity contribution in [3.8, 4) is 11.5 Å². The van der Waals surface area contributed by atoms with Crippen LogP contribution in [0.5, 0.6) is 11.5 Å². The number of rotatable bonds is 4. The molecule has 0 radical (unpaired) electrons. The van der Waals surface area contributed by atoms with Crippen LogP contribution in [0, 0.1) is 0 Å². The van der Waals surface area contributed by atoms with Gasteiger partial charge < -0.3 is 14.8 Å². The van der Waals surface area contributed by atoms with Crippen LogP contribution in [-0.2, 0) is 4.79 Å². The van der Waals surface area contributed by atoms with Crippen LogP contribution in [0.25, 0.3) is 6.08 Å². The maximum Gasteiger partial charge on any atom is 0.264 e. The van der Waals surface area contributed by atoms with Crippen LogP contribution < -0.4 is 14.8 Å². The Labute approximate surface area is 154 Å². The second-order valence-electron chi connectivity index (χ2n) is 5.07. The molecule has 2 aromatic rings. The molecule has 0 unspecified atom stereocenters. The number of carbonyl (C=O) groups is 1. The summed E-state index contributed by atoms with van der Waals surface area (Å²) in [4.78, 5) is 17.1. The van der Waals surface area contributed by atoms with E-state index in [9.17, 15) is 4.79 Å². The first kappa shape index (κ1) is 17.4. The zero-order valence-electron chi connectivity index (χ0n) is 13.6. The fourth-order valence-corrected chi connectivity index (χ4v) is 3.24. The maximum atomic E-state index is 12.2. The highest BCUT2D eigenvalue weighted by molar-refractivity contribution is 8.18. The molecule has 25 heavy (non-hydrogen) atoms. The Kier molecular flexibility index (Phi) is 5.31. The molecule has 1 amide bonds. The van der Waals surface area contributed by atoms with Gasteiger partial charge in [-0.3, -0.25) is 4.79 Å². The van der Waals surface area contributed by atoms with Crippen molar-refractivity contribution in [3.63, 3.8) is 0 Å². The number of aliphatic imine (C=N–C) groups is 1. The topological polar surface area (TPSA) is 59.9 Å². The summed E-state index contributed by atoms with van der Waals surface area (Å²) in [7, 11) is 3.16. The molecule has 1 fully saturated rings. The summed E-state index contributed by atoms with van der Waals surface area (Å²) in [6, 6.07) is 12.5. The second-order valence-corrected chi connectivity index (χ2v) is 6.54. The SMILES string of the molecule is COc1ccc(/C=C2/SC(=Nc3cccc(Cl)c3)NC2=O)c(OC)c1. The van der Waals surface area contributed by atoms with Crippen molar-refractivity contribution in [1.82, 2.24) is 5.32 Å². The van der Waals surface area contributed by atoms with Gasteiger partial charge in [0.05, 0.1) is 24.8 Å². The van der Waals surface area contributed by atoms with Gasteiger partial charge in [0.1, 0.15) is 11.5 Å². The van der Waals surface area contributed by atoms with E-state index in [0.717, 1.165) is 5.56 Å². The van der Waals surface area contributed by atoms with Crippen molar-refractivity contribution in [2.45, 2.75) is 0 Å². The maximum absolute atomic E-state index is 12.2. The fourth-order valence-electron chi connectivity index (χ4n) is 2.22. The van der Waals surface area contributed by atoms with Gasteiger partial charge in [0, 0.05) is 16.7 Å². The molecule has 0 aliphatic carbocycles. The second kappa shape index (κ2) is 7.63. The summed E-state index contributed by atoms with van der Waals surface area (Å²) in [5, 5.41) is 3.85. The Morgan fingerprint density at radius 1 is 1.16 bits per heavy atom. The Morgan fingerprint density at radius 3 is 2.72 bits per heavy atom. The molecule has 0 atom stereocenters. The predicted molar refractivity (Wildman–Crippen MR) is 102 cm³/mol. The summed E-state index contributed by atoms with van der Waals surface area (Å²) in [6.07, 6.45) is 1.76. The van der Waals surface area contributed by atoms with E-state index in [1.807, 2.05) is 24.3 Å². The number of methoxy groups -OCH3 is 2. The molecule has 0 saturated carbocycles. The average Bonchev–Trinajstić information content (AvgIpc) is 2.94. The molecular formula is C18H15ClN2O3S. The van der Waals surface area contributed by atoms with Crippen LogP contribution in [0.15, 0.2) is 52.4 Å². The van der Waals surface area contributed by atoms with E-state index in [1.54, 1.807) is 38.5 Å². The lowest BCUT2D eigenvalue weighted by atomic mass is 10.1. The molecule has 3 rings (SSSR count). The number of hydrogen-bond donors (Lipinski definition) is 1. The normalized spacial score (nSPS) is 17.0. The standard InChI is InChI=1S/C18H15ClN2O3S/c1-23-14-7-6-11(15(10-14)24-2)8-16-17(22)21-18(25-16)20-13-5-3-4-12(19)9-13/h3-10H,1-2H3,(H,20,21,22)/b16-8+. The molecule has 7 heteroatoms. The smallest absolute Gasteiger partial charge is 0.264 e. The molecule has 5 nitrogen and oxygen atoms in total. The van der Waals surface area contributed by atoms with Gasteiger partial charge in [-0.15, -0.1) is 0 Å². The van der Waals surface area contributed by atoms with E-state index in [1.165, 1.54) is 11.8 Å². The van der Waals surface area contributed by atoms with E-state index < -0.39 is 0 Å². The van der Waals surface area contributed by atoms with Crippen LogP contribution in [0.3, 0.4) is 0 Å². The van der Waals surface area contributed by atoms with Crippen molar-refractivity contribution in [3.05, 3.63) is 58.0 Å². The van der Waals surface area contributed by atoms with Crippen LogP contribution in [0.4, 0.5) is 5.69 Å². The lowest BCUT2D eigenvalue weighted by Crippen LogP contribution is -2.19. The number of amidine groups is 1. The Hall–Kier alpha value is -2.44. The Morgan fingerprint density at radius 2 is 2.00 bits per heavy atom. The number of benzene rings is 2. The molecule has 1 aliphatic rings. The Balaban J connectivity index is 1.87. The predicted octanol–water partition coefficient (Wildman–Crippen LogP) is 4.25. The fraction of sp³-hybridized carbons (Fsp3) is 0.111. The van der Waals surface area contributed by atoms with Gasteiger partial charge in [0.25, 0.3) is 5.91 Å². The molecule has 1 heterocycles. The van der Waals surface area contributed by atoms with Gasteiger partial charge in [-0.2, -0.15) is 0 Å². The van der Waals surface area contributed by atoms with Crippen LogP contribution in [-0.4, -0.2) is 25.3 Å². The summed E-state index contributed by atoms with van der Waals surface area (Å²) in [5.41, 5.74) is 1.46. The van der Waals surface area contributed by atoms with Gasteiger partial charge >= 0.3 is 0 Å². The highest BCUT2D eigenvalue weighted by atomic mass is 35.5. The van der Waals surface area contributed by atoms with Gasteiger partial charge in [-0.1, -0.05) is 17.7 Å². The monoisotopic (exact) mass is 374 g/mol. The van der Waals surface area contributed by atoms with Gasteiger partial charge in [-0.25, -0.2) is 4.99 Å². The van der Waals surface area contributed by atoms with Crippen molar-refractivity contribution < 1.29 is 14.3 Å². The lowest BCUT2D eigenvalue weighted by molar-refractivity contribution is -0.115. The first-order valence-corrected chi connectivity index (χ1v) is 8.55. The van der Waals surface area contributed by atoms with Crippen molar-refractivity contribution >= 4 is 46.2 Å². The number of carbonyl (C=O) groups excluding carboxylic acids is 1. The number of amides is 1. The first-order valence-electron chi connectivity index (χ1n) is 7.36. The van der Waals surface area contributed by atoms with E-state index in [4.69, 9.17) is 21.1 Å². The van der Waals surface area contributed by atoms with Gasteiger partial charge in [-0.05, 0) is 48.2 Å². The van der Waals surface area contributed by atoms with Crippen LogP contribution in [0.1, 0.15) is 5.56 Å². The minimum absolute atomic E-state index is 0.205. The van der Waals surface area contributed by atoms with Crippen molar-refractivity contribution in [2.75, 3.05) is 14.2 Å². The molecule has 1 saturated heterocycles. The first-order chi connectivity index (χ1) is 12.1. The minimum atomic E-state index is -0.205. The van der Waals surface area contributed by atoms with E-state index in [-0.39, 0.29) is 5.91 Å². The number of ether oxygens (including phenoxy) is 2. The quantitative estimate of drug-likeness (QED) is 0.813. The third-order valence-corrected chi connectivity index (χ3v) is 4.56. The van der Waals surface area contributed by atoms with Crippen LogP contribution in [0.2, 0.25) is 5.02 Å². The van der Waals surface area contributed by atoms with Crippen molar-refractivity contribution in [2.24, 2.45) is 4.99 Å². The third-order valence-electron chi connectivity index (χ3n) is 3.42. The Bertz CT molecular complexity index is 880. The molecule has 2 aromatic carbocycles. The molecule has 128 valence electrons. The van der Waals surface area contributed by atoms with Gasteiger partial charge in [0.15, 0.2) is 5.17 Å². The summed E-state index contributed by atoms with van der Waals surface area (Å²) < 4.78 is 10.5. The summed E-state index contributed by atoms with van der Waals surface area (Å²) >= 11 is 7.22. The number of halogens is 1. The largest absolute Gasteiger partial charge is 0.497 e. The zero-order valence-corrected chi connectivity index (χ0v) is 15.1. The molecule has 0 aromatic heterocycles. The van der Waals surface area contributed by atoms with E-state index >= 15 is 0 Å². The van der Waals surface area contributed by atoms with Gasteiger partial charge in [0.2, 0.25) is 0 Å². The van der Waals surface area contributed by atoms with Crippen LogP contribution >= 0.6 is 23.4 Å².